The van der Waals surface area contributed by atoms with E-state index in [4.69, 9.17) is 25.2 Å². The summed E-state index contributed by atoms with van der Waals surface area (Å²) in [6.45, 7) is 10.2. The van der Waals surface area contributed by atoms with Crippen molar-refractivity contribution in [2.24, 2.45) is 5.92 Å². The van der Waals surface area contributed by atoms with Crippen LogP contribution in [-0.4, -0.2) is 76.6 Å². The van der Waals surface area contributed by atoms with Crippen molar-refractivity contribution in [3.63, 3.8) is 0 Å². The van der Waals surface area contributed by atoms with Gasteiger partial charge in [0.05, 0.1) is 16.2 Å². The number of benzene rings is 1. The number of likely N-dealkylation sites (tertiary alicyclic amines) is 1. The number of anilines is 1. The number of carbonyl (C=O) groups excluding carboxylic acids is 2. The van der Waals surface area contributed by atoms with Crippen molar-refractivity contribution < 1.29 is 28.2 Å². The highest BCUT2D eigenvalue weighted by Gasteiger charge is 2.55. The minimum atomic E-state index is -1.11. The van der Waals surface area contributed by atoms with E-state index in [0.717, 1.165) is 32.2 Å². The minimum Gasteiger partial charge on any atom is -0.475 e. The third-order valence-electron chi connectivity index (χ3n) is 9.07. The van der Waals surface area contributed by atoms with E-state index < -0.39 is 35.4 Å². The fourth-order valence-electron chi connectivity index (χ4n) is 6.68. The van der Waals surface area contributed by atoms with Crippen LogP contribution in [0.1, 0.15) is 77.8 Å². The van der Waals surface area contributed by atoms with Gasteiger partial charge in [-0.15, -0.1) is 0 Å². The topological polar surface area (TPSA) is 143 Å². The summed E-state index contributed by atoms with van der Waals surface area (Å²) >= 11 is 3.36. The van der Waals surface area contributed by atoms with E-state index in [2.05, 4.69) is 37.2 Å². The van der Waals surface area contributed by atoms with E-state index in [0.29, 0.717) is 29.5 Å². The van der Waals surface area contributed by atoms with Crippen molar-refractivity contribution in [3.8, 4) is 11.9 Å². The molecule has 4 fully saturated rings. The quantitative estimate of drug-likeness (QED) is 0.319. The molecule has 2 bridgehead atoms. The number of halogens is 2. The van der Waals surface area contributed by atoms with E-state index >= 15 is 4.39 Å². The Kier molecular flexibility index (Phi) is 9.62. The van der Waals surface area contributed by atoms with E-state index in [1.54, 1.807) is 45.6 Å². The highest BCUT2D eigenvalue weighted by molar-refractivity contribution is 9.10. The molecule has 4 heterocycles. The summed E-state index contributed by atoms with van der Waals surface area (Å²) in [7, 11) is 2.04. The van der Waals surface area contributed by atoms with Crippen molar-refractivity contribution in [1.82, 2.24) is 20.1 Å². The summed E-state index contributed by atoms with van der Waals surface area (Å²) in [5.74, 6) is -0.328. The van der Waals surface area contributed by atoms with Gasteiger partial charge in [-0.3, -0.25) is 4.90 Å². The van der Waals surface area contributed by atoms with Gasteiger partial charge in [-0.05, 0) is 113 Å². The molecule has 2 amide bonds. The molecule has 0 spiro atoms. The van der Waals surface area contributed by atoms with Crippen LogP contribution < -0.4 is 15.8 Å². The third-order valence-corrected chi connectivity index (χ3v) is 9.93. The normalized spacial score (nSPS) is 22.8. The molecule has 11 nitrogen and oxygen atoms in total. The molecule has 1 aromatic carbocycles. The zero-order valence-electron chi connectivity index (χ0n) is 27.4. The molecule has 0 radical (unpaired) electrons. The van der Waals surface area contributed by atoms with Crippen molar-refractivity contribution >= 4 is 44.7 Å². The fourth-order valence-corrected chi connectivity index (χ4v) is 7.18. The number of alkyl carbamates (subject to hydrolysis) is 1. The number of hydrogen-bond donors (Lipinski definition) is 2. The lowest BCUT2D eigenvalue weighted by molar-refractivity contribution is 0.0120. The maximum atomic E-state index is 15.9. The molecule has 1 aromatic heterocycles. The number of hydrogen-bond acceptors (Lipinski definition) is 9. The third kappa shape index (κ3) is 7.13. The number of fused-ring (bicyclic) bond motifs is 2. The minimum absolute atomic E-state index is 0.0213. The number of nitriles is 1. The molecule has 13 heteroatoms. The number of aryl methyl sites for hydroxylation is 1. The molecule has 1 unspecified atom stereocenters. The van der Waals surface area contributed by atoms with E-state index in [-0.39, 0.29) is 52.4 Å². The number of amides is 2. The number of nitrogen functional groups attached to an aromatic ring is 1. The van der Waals surface area contributed by atoms with Crippen LogP contribution in [0.4, 0.5) is 19.7 Å². The number of pyridine rings is 1. The average molecular weight is 704 g/mol. The van der Waals surface area contributed by atoms with E-state index in [9.17, 15) is 9.59 Å². The van der Waals surface area contributed by atoms with Gasteiger partial charge in [0.2, 0.25) is 5.88 Å². The van der Waals surface area contributed by atoms with Crippen LogP contribution in [-0.2, 0) is 22.3 Å². The molecule has 3 aliphatic heterocycles. The molecule has 4 aliphatic rings. The highest BCUT2D eigenvalue weighted by Crippen LogP contribution is 2.45. The number of aromatic nitrogens is 1. The lowest BCUT2D eigenvalue weighted by Gasteiger charge is -2.31. The number of likely N-dealkylation sites (N-methyl/N-ethyl adjacent to an activating group) is 1. The van der Waals surface area contributed by atoms with Crippen molar-refractivity contribution in [2.45, 2.75) is 109 Å². The lowest BCUT2D eigenvalue weighted by Crippen LogP contribution is -2.50. The Balaban J connectivity index is 1.40. The molecule has 250 valence electrons. The first-order valence-corrected chi connectivity index (χ1v) is 16.7. The maximum absolute atomic E-state index is 15.9. The summed E-state index contributed by atoms with van der Waals surface area (Å²) in [6, 6.07) is 4.10. The number of nitrogens with one attached hydrogen (secondary N) is 1. The molecule has 46 heavy (non-hydrogen) atoms. The van der Waals surface area contributed by atoms with Crippen LogP contribution in [0.15, 0.2) is 10.5 Å². The number of nitrogens with two attached hydrogens (primary N) is 1. The van der Waals surface area contributed by atoms with Gasteiger partial charge in [0, 0.05) is 36.2 Å². The fraction of sp³-hybridized carbons (Fsp3) is 0.636. The average Bonchev–Trinajstić information content (AvgIpc) is 3.61. The molecule has 3 N–H and O–H groups in total. The molecular weight excluding hydrogens is 659 g/mol. The number of nitrogens with zero attached hydrogens (tertiary/aromatic N) is 4. The lowest BCUT2D eigenvalue weighted by atomic mass is 9.85. The van der Waals surface area contributed by atoms with Crippen molar-refractivity contribution in [3.05, 3.63) is 27.5 Å². The Morgan fingerprint density at radius 1 is 1.24 bits per heavy atom. The van der Waals surface area contributed by atoms with Gasteiger partial charge in [-0.1, -0.05) is 0 Å². The second-order valence-corrected chi connectivity index (χ2v) is 15.1. The Morgan fingerprint density at radius 2 is 1.96 bits per heavy atom. The smallest absolute Gasteiger partial charge is 0.412 e. The van der Waals surface area contributed by atoms with Gasteiger partial charge in [0.25, 0.3) is 0 Å². The van der Waals surface area contributed by atoms with E-state index in [1.165, 1.54) is 0 Å². The van der Waals surface area contributed by atoms with Crippen molar-refractivity contribution in [1.29, 1.82) is 5.26 Å². The molecule has 6 rings (SSSR count). The summed E-state index contributed by atoms with van der Waals surface area (Å²) < 4.78 is 33.8. The monoisotopic (exact) mass is 702 g/mol. The summed E-state index contributed by atoms with van der Waals surface area (Å²) in [5, 5.41) is 12.5. The predicted octanol–water partition coefficient (Wildman–Crippen LogP) is 6.05. The van der Waals surface area contributed by atoms with Gasteiger partial charge in [-0.25, -0.2) is 19.0 Å². The Morgan fingerprint density at radius 3 is 2.59 bits per heavy atom. The first-order valence-electron chi connectivity index (χ1n) is 15.9. The number of carbonyl (C=O) groups is 2. The number of rotatable bonds is 9. The summed E-state index contributed by atoms with van der Waals surface area (Å²) in [6.07, 6.45) is 2.61. The van der Waals surface area contributed by atoms with Crippen LogP contribution in [0, 0.1) is 23.1 Å². The molecule has 3 saturated heterocycles. The standard InChI is InChI=1S/C33H44BrFN6O5/c1-32(2,3)46-31(43)41-21-13-19(14-21)28(41)39-30(42)45-33(4,5)16-23-22-15-18(9-7-11-36)24(34)25(35)27(22)38-29(26(23)37)44-17-20-10-8-12-40(20)6/h15,19-21,28H,7-10,12-14,16-17,37H2,1-6H3,(H,39,42)/t19?,20-,21?,28?/m0/s1. The summed E-state index contributed by atoms with van der Waals surface area (Å²) in [5.41, 5.74) is 6.38. The van der Waals surface area contributed by atoms with Crippen LogP contribution in [0.2, 0.25) is 0 Å². The van der Waals surface area contributed by atoms with Gasteiger partial charge in [-0.2, -0.15) is 5.26 Å². The largest absolute Gasteiger partial charge is 0.475 e. The maximum Gasteiger partial charge on any atom is 0.412 e. The molecule has 1 saturated carbocycles. The van der Waals surface area contributed by atoms with Gasteiger partial charge < -0.3 is 30.2 Å². The first kappa shape index (κ1) is 34.0. The van der Waals surface area contributed by atoms with Gasteiger partial charge >= 0.3 is 12.2 Å². The Labute approximate surface area is 278 Å². The van der Waals surface area contributed by atoms with Crippen LogP contribution >= 0.6 is 15.9 Å². The van der Waals surface area contributed by atoms with Gasteiger partial charge in [0.1, 0.15) is 29.5 Å². The van der Waals surface area contributed by atoms with E-state index in [1.807, 2.05) is 7.05 Å². The number of ether oxygens (including phenoxy) is 3. The Bertz CT molecular complexity index is 1550. The van der Waals surface area contributed by atoms with Crippen LogP contribution in [0.3, 0.4) is 0 Å². The predicted molar refractivity (Wildman–Crippen MR) is 175 cm³/mol. The van der Waals surface area contributed by atoms with Crippen LogP contribution in [0.5, 0.6) is 5.88 Å². The molecular formula is C33H44BrFN6O5. The van der Waals surface area contributed by atoms with Crippen LogP contribution in [0.25, 0.3) is 10.9 Å². The molecule has 1 aliphatic carbocycles. The highest BCUT2D eigenvalue weighted by atomic mass is 79.9. The SMILES string of the molecule is CN1CCC[C@H]1COc1nc2c(F)c(Br)c(CCC#N)cc2c(CC(C)(C)OC(=O)NC2C3CC(C3)N2C(=O)OC(C)(C)C)c1N. The first-order chi connectivity index (χ1) is 21.6. The zero-order valence-corrected chi connectivity index (χ0v) is 29.0. The second kappa shape index (κ2) is 13.0. The van der Waals surface area contributed by atoms with Gasteiger partial charge in [0.15, 0.2) is 5.82 Å². The van der Waals surface area contributed by atoms with Crippen molar-refractivity contribution in [2.75, 3.05) is 25.9 Å². The second-order valence-electron chi connectivity index (χ2n) is 14.3. The summed E-state index contributed by atoms with van der Waals surface area (Å²) in [4.78, 5) is 34.6. The zero-order chi connectivity index (χ0) is 33.6. The molecule has 2 atom stereocenters. The molecule has 2 aromatic rings. The Hall–Kier alpha value is -3.37.